The molecule has 0 heterocycles. The highest BCUT2D eigenvalue weighted by Crippen LogP contribution is 2.38. The first-order valence-electron chi connectivity index (χ1n) is 11.8. The Morgan fingerprint density at radius 2 is 1.61 bits per heavy atom. The van der Waals surface area contributed by atoms with E-state index in [1.807, 2.05) is 19.0 Å². The molecule has 0 bridgehead atoms. The first kappa shape index (κ1) is 27.2. The summed E-state index contributed by atoms with van der Waals surface area (Å²) >= 11 is 0. The van der Waals surface area contributed by atoms with Gasteiger partial charge in [-0.15, -0.1) is 0 Å². The highest BCUT2D eigenvalue weighted by molar-refractivity contribution is 5.97. The third kappa shape index (κ3) is 8.33. The Labute approximate surface area is 190 Å². The predicted molar refractivity (Wildman–Crippen MR) is 131 cm³/mol. The molecule has 0 aromatic carbocycles. The summed E-state index contributed by atoms with van der Waals surface area (Å²) in [6.07, 6.45) is 12.8. The molecule has 0 aliphatic heterocycles. The van der Waals surface area contributed by atoms with Gasteiger partial charge in [-0.3, -0.25) is 4.79 Å². The second kappa shape index (κ2) is 13.6. The third-order valence-electron chi connectivity index (χ3n) is 6.14. The fourth-order valence-corrected chi connectivity index (χ4v) is 4.34. The topological polar surface area (TPSA) is 49.8 Å². The molecule has 0 saturated carbocycles. The van der Waals surface area contributed by atoms with E-state index in [1.165, 1.54) is 23.8 Å². The largest absolute Gasteiger partial charge is 0.491 e. The van der Waals surface area contributed by atoms with E-state index in [2.05, 4.69) is 52.8 Å². The predicted octanol–water partition coefficient (Wildman–Crippen LogP) is 6.19. The van der Waals surface area contributed by atoms with E-state index in [4.69, 9.17) is 4.74 Å². The molecule has 176 valence electrons. The smallest absolute Gasteiger partial charge is 0.202 e. The van der Waals surface area contributed by atoms with Crippen molar-refractivity contribution in [2.24, 2.45) is 11.8 Å². The van der Waals surface area contributed by atoms with Crippen LogP contribution < -0.4 is 0 Å². The van der Waals surface area contributed by atoms with Gasteiger partial charge in [-0.1, -0.05) is 48.3 Å². The summed E-state index contributed by atoms with van der Waals surface area (Å²) in [5, 5.41) is 11.1. The average Bonchev–Trinajstić information content (AvgIpc) is 2.69. The Bertz CT molecular complexity index is 708. The summed E-state index contributed by atoms with van der Waals surface area (Å²) < 4.78 is 5.42. The summed E-state index contributed by atoms with van der Waals surface area (Å²) in [7, 11) is 5.23. The highest BCUT2D eigenvalue weighted by Gasteiger charge is 2.43. The summed E-state index contributed by atoms with van der Waals surface area (Å²) in [4.78, 5) is 14.9. The number of Topliss-reactive ketones (excluding diaryl/α,β-unsaturated/α-hetero) is 1. The lowest BCUT2D eigenvalue weighted by molar-refractivity contribution is -0.128. The molecular formula is C27H45NO3. The van der Waals surface area contributed by atoms with Crippen molar-refractivity contribution in [3.8, 4) is 0 Å². The number of ether oxygens (including phenoxy) is 1. The number of hydrogen-bond donors (Lipinski definition) is 1. The number of nitrogens with zero attached hydrogens (tertiary/aromatic N) is 1. The number of carbonyl (C=O) groups excluding carboxylic acids is 1. The molecule has 0 unspecified atom stereocenters. The molecule has 0 aromatic heterocycles. The van der Waals surface area contributed by atoms with Crippen molar-refractivity contribution >= 4 is 5.78 Å². The molecule has 31 heavy (non-hydrogen) atoms. The van der Waals surface area contributed by atoms with Crippen molar-refractivity contribution in [3.05, 3.63) is 46.4 Å². The minimum Gasteiger partial charge on any atom is -0.491 e. The Hall–Kier alpha value is -1.81. The molecule has 0 saturated heterocycles. The highest BCUT2D eigenvalue weighted by atomic mass is 16.5. The second-order valence-corrected chi connectivity index (χ2v) is 9.38. The maximum absolute atomic E-state index is 13.1. The molecule has 4 heteroatoms. The van der Waals surface area contributed by atoms with Crippen LogP contribution in [0.2, 0.25) is 0 Å². The third-order valence-corrected chi connectivity index (χ3v) is 6.14. The van der Waals surface area contributed by atoms with Crippen LogP contribution in [0.5, 0.6) is 0 Å². The lowest BCUT2D eigenvalue weighted by Crippen LogP contribution is -2.44. The number of ketones is 1. The van der Waals surface area contributed by atoms with Crippen LogP contribution in [-0.4, -0.2) is 43.1 Å². The molecule has 3 atom stereocenters. The minimum absolute atomic E-state index is 0.0318. The first-order chi connectivity index (χ1) is 14.6. The van der Waals surface area contributed by atoms with Gasteiger partial charge in [0.05, 0.1) is 12.8 Å². The van der Waals surface area contributed by atoms with E-state index in [9.17, 15) is 9.90 Å². The molecule has 1 aliphatic rings. The summed E-state index contributed by atoms with van der Waals surface area (Å²) in [5.41, 5.74) is 4.73. The minimum atomic E-state index is -0.694. The van der Waals surface area contributed by atoms with Gasteiger partial charge in [-0.2, -0.15) is 0 Å². The van der Waals surface area contributed by atoms with E-state index in [0.717, 1.165) is 38.5 Å². The zero-order valence-corrected chi connectivity index (χ0v) is 21.1. The fraction of sp³-hybridized carbons (Fsp3) is 0.667. The van der Waals surface area contributed by atoms with Gasteiger partial charge < -0.3 is 14.7 Å². The summed E-state index contributed by atoms with van der Waals surface area (Å²) in [6, 6.07) is 0. The molecule has 0 radical (unpaired) electrons. The van der Waals surface area contributed by atoms with Crippen molar-refractivity contribution in [1.82, 2.24) is 4.90 Å². The molecule has 1 N–H and O–H groups in total. The van der Waals surface area contributed by atoms with Gasteiger partial charge in [0.15, 0.2) is 5.76 Å². The van der Waals surface area contributed by atoms with Crippen LogP contribution in [0, 0.1) is 11.8 Å². The van der Waals surface area contributed by atoms with Gasteiger partial charge in [0.2, 0.25) is 5.78 Å². The average molecular weight is 432 g/mol. The number of rotatable bonds is 12. The quantitative estimate of drug-likeness (QED) is 0.374. The molecule has 4 nitrogen and oxygen atoms in total. The molecule has 0 aromatic rings. The van der Waals surface area contributed by atoms with Gasteiger partial charge in [0, 0.05) is 25.9 Å². The van der Waals surface area contributed by atoms with E-state index in [-0.39, 0.29) is 17.6 Å². The number of methoxy groups -OCH3 is 1. The zero-order chi connectivity index (χ0) is 23.6. The van der Waals surface area contributed by atoms with Crippen LogP contribution >= 0.6 is 0 Å². The van der Waals surface area contributed by atoms with Crippen molar-refractivity contribution in [1.29, 1.82) is 0 Å². The fourth-order valence-electron chi connectivity index (χ4n) is 4.34. The van der Waals surface area contributed by atoms with Gasteiger partial charge >= 0.3 is 0 Å². The number of aliphatic hydroxyl groups excluding tert-OH is 1. The maximum atomic E-state index is 13.1. The monoisotopic (exact) mass is 431 g/mol. The molecule has 0 amide bonds. The standard InChI is InChI=1S/C27H45NO3/c1-9-12-22-23(25(29)24(28(6)7)27(31-8)26(22)30)18-17-21(5)16-11-15-20(4)14-10-13-19(2)3/h13,15,17,22-23,25,29H,9-12,14,16,18H2,1-8H3/b20-15+,21-17+/t22-,23-,25-/m0/s1. The van der Waals surface area contributed by atoms with E-state index < -0.39 is 6.10 Å². The van der Waals surface area contributed by atoms with Crippen molar-refractivity contribution in [2.75, 3.05) is 21.2 Å². The summed E-state index contributed by atoms with van der Waals surface area (Å²) in [5.74, 6) is 0.0471. The van der Waals surface area contributed by atoms with Gasteiger partial charge in [0.1, 0.15) is 6.10 Å². The van der Waals surface area contributed by atoms with Crippen LogP contribution in [-0.2, 0) is 9.53 Å². The number of likely N-dealkylation sites (N-methyl/N-ethyl adjacent to an activating group) is 1. The van der Waals surface area contributed by atoms with Crippen LogP contribution in [0.1, 0.15) is 79.6 Å². The number of allylic oxidation sites excluding steroid dienone is 7. The number of aliphatic hydroxyl groups is 1. The van der Waals surface area contributed by atoms with Crippen LogP contribution in [0.4, 0.5) is 0 Å². The van der Waals surface area contributed by atoms with Crippen LogP contribution in [0.25, 0.3) is 0 Å². The molecule has 0 fully saturated rings. The SMILES string of the molecule is CCC[C@@H]1C(=O)C(OC)=C(N(C)C)[C@@H](O)[C@H]1C/C=C(\C)CC/C=C(\C)CCC=C(C)C. The van der Waals surface area contributed by atoms with Crippen molar-refractivity contribution in [3.63, 3.8) is 0 Å². The maximum Gasteiger partial charge on any atom is 0.202 e. The lowest BCUT2D eigenvalue weighted by atomic mass is 9.73. The Morgan fingerprint density at radius 3 is 2.13 bits per heavy atom. The van der Waals surface area contributed by atoms with Crippen molar-refractivity contribution < 1.29 is 14.6 Å². The first-order valence-corrected chi connectivity index (χ1v) is 11.8. The molecule has 1 aliphatic carbocycles. The number of carbonyl (C=O) groups is 1. The lowest BCUT2D eigenvalue weighted by Gasteiger charge is -2.38. The van der Waals surface area contributed by atoms with Gasteiger partial charge in [0.25, 0.3) is 0 Å². The zero-order valence-electron chi connectivity index (χ0n) is 21.1. The van der Waals surface area contributed by atoms with Gasteiger partial charge in [-0.05, 0) is 66.2 Å². The van der Waals surface area contributed by atoms with Crippen LogP contribution in [0.15, 0.2) is 46.4 Å². The number of hydrogen-bond acceptors (Lipinski definition) is 4. The summed E-state index contributed by atoms with van der Waals surface area (Å²) in [6.45, 7) is 10.7. The van der Waals surface area contributed by atoms with E-state index in [0.29, 0.717) is 17.9 Å². The van der Waals surface area contributed by atoms with Crippen LogP contribution in [0.3, 0.4) is 0 Å². The Morgan fingerprint density at radius 1 is 1.03 bits per heavy atom. The molecular weight excluding hydrogens is 386 g/mol. The van der Waals surface area contributed by atoms with Gasteiger partial charge in [-0.25, -0.2) is 0 Å². The normalized spacial score (nSPS) is 22.6. The van der Waals surface area contributed by atoms with E-state index >= 15 is 0 Å². The second-order valence-electron chi connectivity index (χ2n) is 9.38. The molecule has 1 rings (SSSR count). The van der Waals surface area contributed by atoms with Crippen molar-refractivity contribution in [2.45, 2.75) is 85.7 Å². The van der Waals surface area contributed by atoms with E-state index in [1.54, 1.807) is 0 Å². The molecule has 0 spiro atoms. The Balaban J connectivity index is 2.83. The Kier molecular flexibility index (Phi) is 11.9.